The Bertz CT molecular complexity index is 1240. The lowest BCUT2D eigenvalue weighted by molar-refractivity contribution is -0.140. The number of amides is 1. The molecule has 1 amide bonds. The van der Waals surface area contributed by atoms with Crippen LogP contribution in [0.2, 0.25) is 5.02 Å². The van der Waals surface area contributed by atoms with Gasteiger partial charge in [0.15, 0.2) is 0 Å². The van der Waals surface area contributed by atoms with Gasteiger partial charge in [0.2, 0.25) is 0 Å². The highest BCUT2D eigenvalue weighted by molar-refractivity contribution is 6.46. The van der Waals surface area contributed by atoms with Gasteiger partial charge in [-0.15, -0.1) is 0 Å². The number of rotatable bonds is 6. The fourth-order valence-corrected chi connectivity index (χ4v) is 4.11. The van der Waals surface area contributed by atoms with Crippen LogP contribution in [0.25, 0.3) is 5.76 Å². The van der Waals surface area contributed by atoms with E-state index in [4.69, 9.17) is 21.1 Å². The first-order chi connectivity index (χ1) is 16.0. The van der Waals surface area contributed by atoms with Crippen molar-refractivity contribution in [3.63, 3.8) is 0 Å². The van der Waals surface area contributed by atoms with E-state index < -0.39 is 17.7 Å². The Labute approximate surface area is 195 Å². The number of ether oxygens (including phenoxy) is 2. The summed E-state index contributed by atoms with van der Waals surface area (Å²) in [6.07, 6.45) is 1.61. The van der Waals surface area contributed by atoms with E-state index in [1.807, 2.05) is 0 Å². The maximum Gasteiger partial charge on any atom is 0.296 e. The zero-order valence-electron chi connectivity index (χ0n) is 18.0. The van der Waals surface area contributed by atoms with Crippen LogP contribution in [0.3, 0.4) is 0 Å². The van der Waals surface area contributed by atoms with Crippen LogP contribution in [0.15, 0.2) is 72.4 Å². The monoisotopic (exact) mass is 464 g/mol. The summed E-state index contributed by atoms with van der Waals surface area (Å²) >= 11 is 6.15. The van der Waals surface area contributed by atoms with Gasteiger partial charge < -0.3 is 19.5 Å². The predicted molar refractivity (Wildman–Crippen MR) is 123 cm³/mol. The number of pyridine rings is 1. The number of likely N-dealkylation sites (tertiary alicyclic amines) is 1. The Hall–Kier alpha value is -3.84. The molecule has 33 heavy (non-hydrogen) atoms. The Balaban J connectivity index is 1.95. The fourth-order valence-electron chi connectivity index (χ4n) is 3.94. The maximum absolute atomic E-state index is 13.2. The molecule has 0 saturated carbocycles. The van der Waals surface area contributed by atoms with Gasteiger partial charge in [0.1, 0.15) is 17.3 Å². The molecule has 1 aromatic heterocycles. The third-order valence-electron chi connectivity index (χ3n) is 5.45. The van der Waals surface area contributed by atoms with Gasteiger partial charge >= 0.3 is 0 Å². The number of nitrogens with zero attached hydrogens (tertiary/aromatic N) is 2. The number of para-hydroxylation sites is 1. The second kappa shape index (κ2) is 9.34. The number of aromatic nitrogens is 1. The van der Waals surface area contributed by atoms with Crippen molar-refractivity contribution in [1.82, 2.24) is 9.88 Å². The molecule has 1 unspecified atom stereocenters. The molecule has 3 aromatic rings. The minimum atomic E-state index is -0.910. The largest absolute Gasteiger partial charge is 0.507 e. The molecule has 0 radical (unpaired) electrons. The number of benzene rings is 2. The first-order valence-corrected chi connectivity index (χ1v) is 10.5. The highest BCUT2D eigenvalue weighted by atomic mass is 35.5. The summed E-state index contributed by atoms with van der Waals surface area (Å²) in [6.45, 7) is 0.0671. The van der Waals surface area contributed by atoms with Crippen molar-refractivity contribution >= 4 is 29.1 Å². The van der Waals surface area contributed by atoms with Crippen LogP contribution in [0.1, 0.15) is 22.9 Å². The zero-order valence-corrected chi connectivity index (χ0v) is 18.7. The molecule has 1 atom stereocenters. The fraction of sp³-hybridized carbons (Fsp3) is 0.160. The first kappa shape index (κ1) is 22.4. The molecule has 1 fully saturated rings. The summed E-state index contributed by atoms with van der Waals surface area (Å²) in [7, 11) is 2.95. The van der Waals surface area contributed by atoms with Gasteiger partial charge in [-0.25, -0.2) is 0 Å². The SMILES string of the molecule is COc1ccc(Cl)cc1/C(O)=C1\C(=O)C(=O)N(Cc2ccccn2)C1c1ccccc1OC. The number of methoxy groups -OCH3 is 2. The number of hydrogen-bond acceptors (Lipinski definition) is 6. The van der Waals surface area contributed by atoms with Crippen LogP contribution < -0.4 is 9.47 Å². The third-order valence-corrected chi connectivity index (χ3v) is 5.68. The molecule has 4 rings (SSSR count). The quantitative estimate of drug-likeness (QED) is 0.331. The van der Waals surface area contributed by atoms with E-state index in [0.29, 0.717) is 27.8 Å². The lowest BCUT2D eigenvalue weighted by atomic mass is 9.94. The zero-order chi connectivity index (χ0) is 23.5. The Morgan fingerprint density at radius 2 is 1.76 bits per heavy atom. The average Bonchev–Trinajstić information content (AvgIpc) is 3.09. The number of carbonyl (C=O) groups is 2. The second-order valence-corrected chi connectivity index (χ2v) is 7.77. The number of aliphatic hydroxyl groups is 1. The van der Waals surface area contributed by atoms with Crippen molar-refractivity contribution in [2.75, 3.05) is 14.2 Å². The summed E-state index contributed by atoms with van der Waals surface area (Å²) in [4.78, 5) is 32.1. The molecule has 2 heterocycles. The van der Waals surface area contributed by atoms with Crippen LogP contribution in [0.5, 0.6) is 11.5 Å². The molecule has 1 saturated heterocycles. The van der Waals surface area contributed by atoms with E-state index in [2.05, 4.69) is 4.98 Å². The highest BCUT2D eigenvalue weighted by Crippen LogP contribution is 2.44. The smallest absolute Gasteiger partial charge is 0.296 e. The lowest BCUT2D eigenvalue weighted by Gasteiger charge is -2.26. The van der Waals surface area contributed by atoms with Crippen LogP contribution in [0, 0.1) is 0 Å². The van der Waals surface area contributed by atoms with Crippen molar-refractivity contribution < 1.29 is 24.2 Å². The van der Waals surface area contributed by atoms with E-state index in [9.17, 15) is 14.7 Å². The summed E-state index contributed by atoms with van der Waals surface area (Å²) < 4.78 is 10.9. The molecular weight excluding hydrogens is 444 g/mol. The van der Waals surface area contributed by atoms with Crippen molar-refractivity contribution in [3.8, 4) is 11.5 Å². The maximum atomic E-state index is 13.2. The van der Waals surface area contributed by atoms with Gasteiger partial charge in [0, 0.05) is 16.8 Å². The second-order valence-electron chi connectivity index (χ2n) is 7.33. The van der Waals surface area contributed by atoms with E-state index in [0.717, 1.165) is 0 Å². The van der Waals surface area contributed by atoms with Crippen molar-refractivity contribution in [2.45, 2.75) is 12.6 Å². The van der Waals surface area contributed by atoms with Crippen LogP contribution in [-0.2, 0) is 16.1 Å². The molecule has 0 aliphatic carbocycles. The first-order valence-electron chi connectivity index (χ1n) is 10.1. The molecule has 8 heteroatoms. The predicted octanol–water partition coefficient (Wildman–Crippen LogP) is 4.37. The Morgan fingerprint density at radius 1 is 1.03 bits per heavy atom. The number of ketones is 1. The topological polar surface area (TPSA) is 89.0 Å². The van der Waals surface area contributed by atoms with Gasteiger partial charge in [-0.2, -0.15) is 0 Å². The molecular formula is C25H21ClN2O5. The molecule has 0 spiro atoms. The number of halogens is 1. The van der Waals surface area contributed by atoms with Crippen LogP contribution >= 0.6 is 11.6 Å². The van der Waals surface area contributed by atoms with Crippen molar-refractivity contribution in [2.24, 2.45) is 0 Å². The molecule has 0 bridgehead atoms. The van der Waals surface area contributed by atoms with E-state index in [-0.39, 0.29) is 23.4 Å². The normalized spacial score (nSPS) is 17.3. The summed E-state index contributed by atoms with van der Waals surface area (Å²) in [5, 5.41) is 11.7. The number of aliphatic hydroxyl groups excluding tert-OH is 1. The summed E-state index contributed by atoms with van der Waals surface area (Å²) in [6, 6.07) is 16.1. The molecule has 7 nitrogen and oxygen atoms in total. The van der Waals surface area contributed by atoms with Gasteiger partial charge in [0.05, 0.1) is 43.6 Å². The third kappa shape index (κ3) is 4.15. The van der Waals surface area contributed by atoms with Crippen molar-refractivity contribution in [3.05, 3.63) is 94.3 Å². The van der Waals surface area contributed by atoms with Crippen LogP contribution in [-0.4, -0.2) is 40.9 Å². The summed E-state index contributed by atoms with van der Waals surface area (Å²) in [5.74, 6) is -1.17. The van der Waals surface area contributed by atoms with Crippen molar-refractivity contribution in [1.29, 1.82) is 0 Å². The highest BCUT2D eigenvalue weighted by Gasteiger charge is 2.47. The van der Waals surface area contributed by atoms with Gasteiger partial charge in [-0.05, 0) is 36.4 Å². The Morgan fingerprint density at radius 3 is 2.45 bits per heavy atom. The van der Waals surface area contributed by atoms with Gasteiger partial charge in [0.25, 0.3) is 11.7 Å². The molecule has 168 valence electrons. The Kier molecular flexibility index (Phi) is 6.33. The number of carbonyl (C=O) groups excluding carboxylic acids is 2. The number of Topliss-reactive ketones (excluding diaryl/α,β-unsaturated/α-hetero) is 1. The minimum absolute atomic E-state index is 0.0671. The minimum Gasteiger partial charge on any atom is -0.507 e. The molecule has 2 aromatic carbocycles. The van der Waals surface area contributed by atoms with E-state index >= 15 is 0 Å². The standard InChI is InChI=1S/C25H21ClN2O5/c1-32-19-9-4-3-8-17(19)22-21(23(29)18-13-15(26)10-11-20(18)33-2)24(30)25(31)28(22)14-16-7-5-6-12-27-16/h3-13,22,29H,14H2,1-2H3/b23-21+. The summed E-state index contributed by atoms with van der Waals surface area (Å²) in [5.41, 5.74) is 1.28. The average molecular weight is 465 g/mol. The van der Waals surface area contributed by atoms with Gasteiger partial charge in [-0.3, -0.25) is 14.6 Å². The number of hydrogen-bond donors (Lipinski definition) is 1. The molecule has 1 N–H and O–H groups in total. The molecule has 1 aliphatic rings. The van der Waals surface area contributed by atoms with Gasteiger partial charge in [-0.1, -0.05) is 35.9 Å². The van der Waals surface area contributed by atoms with E-state index in [1.165, 1.54) is 25.2 Å². The molecule has 1 aliphatic heterocycles. The lowest BCUT2D eigenvalue weighted by Crippen LogP contribution is -2.29. The van der Waals surface area contributed by atoms with Crippen LogP contribution in [0.4, 0.5) is 0 Å². The van der Waals surface area contributed by atoms with E-state index in [1.54, 1.807) is 60.8 Å².